The van der Waals surface area contributed by atoms with Gasteiger partial charge in [0.1, 0.15) is 36.3 Å². The highest BCUT2D eigenvalue weighted by molar-refractivity contribution is 7.88. The number of nitrogens with one attached hydrogen (secondary N) is 8. The first-order valence-corrected chi connectivity index (χ1v) is 24.9. The van der Waals surface area contributed by atoms with Crippen LogP contribution < -0.4 is 42.8 Å². The first-order chi connectivity index (χ1) is 34.0. The number of primary amides is 1. The van der Waals surface area contributed by atoms with Gasteiger partial charge in [0.05, 0.1) is 17.0 Å². The summed E-state index contributed by atoms with van der Waals surface area (Å²) in [6.07, 6.45) is 6.31. The number of nitro benzene ring substituents is 1. The number of amides is 6. The van der Waals surface area contributed by atoms with Crippen molar-refractivity contribution < 1.29 is 42.1 Å². The number of para-hydroxylation sites is 1. The van der Waals surface area contributed by atoms with Gasteiger partial charge < -0.3 is 48.0 Å². The Bertz CT molecular complexity index is 2700. The monoisotopic (exact) mass is 998 g/mol. The van der Waals surface area contributed by atoms with E-state index in [2.05, 4.69) is 46.3 Å². The molecule has 0 aliphatic rings. The van der Waals surface area contributed by atoms with Gasteiger partial charge in [-0.05, 0) is 61.9 Å². The molecule has 3 aromatic carbocycles. The van der Waals surface area contributed by atoms with Gasteiger partial charge in [0.15, 0.2) is 0 Å². The molecule has 2 heterocycles. The number of rotatable bonds is 29. The number of H-pyrrole nitrogens is 2. The summed E-state index contributed by atoms with van der Waals surface area (Å²) in [7, 11) is -4.00. The van der Waals surface area contributed by atoms with E-state index < -0.39 is 86.6 Å². The normalized spacial score (nSPS) is 14.0. The molecule has 0 radical (unpaired) electrons. The van der Waals surface area contributed by atoms with Crippen LogP contribution in [-0.4, -0.2) is 107 Å². The van der Waals surface area contributed by atoms with E-state index in [1.54, 1.807) is 36.5 Å². The summed E-state index contributed by atoms with van der Waals surface area (Å²) in [5.41, 5.74) is 14.1. The maximum atomic E-state index is 14.4. The number of nitrogens with two attached hydrogens (primary N) is 2. The molecular formula is C48H62N12O10S. The van der Waals surface area contributed by atoms with E-state index in [0.717, 1.165) is 10.9 Å². The van der Waals surface area contributed by atoms with Crippen molar-refractivity contribution in [3.05, 3.63) is 130 Å². The smallest absolute Gasteiger partial charge is 0.269 e. The molecule has 0 fully saturated rings. The highest BCUT2D eigenvalue weighted by Gasteiger charge is 2.34. The number of carbonyl (C=O) groups excluding carboxylic acids is 6. The second-order valence-corrected chi connectivity index (χ2v) is 18.9. The number of fused-ring (bicyclic) bond motifs is 1. The van der Waals surface area contributed by atoms with Gasteiger partial charge in [-0.15, -0.1) is 0 Å². The van der Waals surface area contributed by atoms with Crippen LogP contribution in [-0.2, 0) is 63.8 Å². The van der Waals surface area contributed by atoms with Crippen molar-refractivity contribution in [3.63, 3.8) is 0 Å². The van der Waals surface area contributed by atoms with E-state index in [1.807, 2.05) is 31.2 Å². The molecule has 0 spiro atoms. The zero-order valence-corrected chi connectivity index (χ0v) is 40.3. The Morgan fingerprint density at radius 2 is 1.30 bits per heavy atom. The second kappa shape index (κ2) is 26.5. The number of benzene rings is 3. The summed E-state index contributed by atoms with van der Waals surface area (Å²) in [4.78, 5) is 104. The van der Waals surface area contributed by atoms with Crippen molar-refractivity contribution in [2.75, 3.05) is 6.54 Å². The maximum Gasteiger partial charge on any atom is 0.269 e. The molecule has 6 amide bonds. The van der Waals surface area contributed by atoms with E-state index in [9.17, 15) is 47.3 Å². The van der Waals surface area contributed by atoms with Gasteiger partial charge in [0, 0.05) is 60.4 Å². The largest absolute Gasteiger partial charge is 0.368 e. The lowest BCUT2D eigenvalue weighted by molar-refractivity contribution is -0.384. The highest BCUT2D eigenvalue weighted by atomic mass is 32.2. The van der Waals surface area contributed by atoms with Gasteiger partial charge in [-0.2, -0.15) is 0 Å². The first kappa shape index (κ1) is 54.4. The zero-order chi connectivity index (χ0) is 51.5. The van der Waals surface area contributed by atoms with Crippen LogP contribution in [0.1, 0.15) is 74.8 Å². The molecular weight excluding hydrogens is 937 g/mol. The minimum Gasteiger partial charge on any atom is -0.368 e. The van der Waals surface area contributed by atoms with Crippen LogP contribution in [0.2, 0.25) is 0 Å². The van der Waals surface area contributed by atoms with E-state index in [1.165, 1.54) is 43.7 Å². The maximum absolute atomic E-state index is 14.4. The van der Waals surface area contributed by atoms with Crippen LogP contribution >= 0.6 is 0 Å². The molecule has 22 nitrogen and oxygen atoms in total. The van der Waals surface area contributed by atoms with Crippen LogP contribution in [0, 0.1) is 10.1 Å². The fraction of sp³-hybridized carbons (Fsp3) is 0.396. The Balaban J connectivity index is 1.36. The molecule has 6 atom stereocenters. The molecule has 0 saturated carbocycles. The van der Waals surface area contributed by atoms with Crippen LogP contribution in [0.5, 0.6) is 0 Å². The summed E-state index contributed by atoms with van der Waals surface area (Å²) in [5, 5.41) is 25.5. The molecule has 5 aromatic rings. The van der Waals surface area contributed by atoms with Crippen molar-refractivity contribution in [3.8, 4) is 0 Å². The Morgan fingerprint density at radius 1 is 0.690 bits per heavy atom. The number of imidazole rings is 1. The van der Waals surface area contributed by atoms with Crippen molar-refractivity contribution in [2.45, 2.75) is 114 Å². The number of aromatic nitrogens is 3. The third kappa shape index (κ3) is 16.9. The number of aromatic amines is 2. The number of sulfonamides is 1. The average Bonchev–Trinajstić information content (AvgIpc) is 4.02. The van der Waals surface area contributed by atoms with Gasteiger partial charge in [-0.1, -0.05) is 80.4 Å². The lowest BCUT2D eigenvalue weighted by atomic mass is 10.0. The van der Waals surface area contributed by atoms with Crippen LogP contribution in [0.4, 0.5) is 5.69 Å². The van der Waals surface area contributed by atoms with Crippen molar-refractivity contribution in [1.29, 1.82) is 0 Å². The van der Waals surface area contributed by atoms with Crippen molar-refractivity contribution in [1.82, 2.24) is 46.3 Å². The fourth-order valence-corrected chi connectivity index (χ4v) is 9.10. The minimum absolute atomic E-state index is 0.0338. The Morgan fingerprint density at radius 3 is 1.94 bits per heavy atom. The Hall–Kier alpha value is -7.50. The summed E-state index contributed by atoms with van der Waals surface area (Å²) in [6.45, 7) is 3.52. The number of carbonyl (C=O) groups is 6. The van der Waals surface area contributed by atoms with Gasteiger partial charge in [0.2, 0.25) is 45.5 Å². The van der Waals surface area contributed by atoms with E-state index in [-0.39, 0.29) is 50.1 Å². The third-order valence-electron chi connectivity index (χ3n) is 11.6. The van der Waals surface area contributed by atoms with Gasteiger partial charge >= 0.3 is 0 Å². The quantitative estimate of drug-likeness (QED) is 0.0185. The molecule has 5 rings (SSSR count). The van der Waals surface area contributed by atoms with Crippen LogP contribution in [0.25, 0.3) is 10.9 Å². The molecule has 0 aliphatic heterocycles. The number of non-ortho nitro benzene ring substituents is 1. The fourth-order valence-electron chi connectivity index (χ4n) is 7.73. The predicted molar refractivity (Wildman–Crippen MR) is 264 cm³/mol. The highest BCUT2D eigenvalue weighted by Crippen LogP contribution is 2.20. The molecule has 71 heavy (non-hydrogen) atoms. The van der Waals surface area contributed by atoms with Gasteiger partial charge in [-0.3, -0.25) is 38.9 Å². The summed E-state index contributed by atoms with van der Waals surface area (Å²) < 4.78 is 28.8. The number of hydrogen-bond acceptors (Lipinski definition) is 12. The van der Waals surface area contributed by atoms with Gasteiger partial charge in [0.25, 0.3) is 5.69 Å². The standard InChI is InChI=1S/C48H62N12O10S/c1-3-4-15-39(59-71(69,70)28-32-12-6-5-7-13-32)46(64)54-30(2)44(62)57-42(25-34-27-51-29-53-34)48(66)58-41(23-31-18-20-35(21-19-31)60(67)68)47(65)55-38(17-10-11-22-49)45(63)56-40(43(50)61)24-33-26-52-37-16-9-8-14-36(33)37/h5-9,12-14,16,18-21,26-27,29-30,38-42,52,59H,3-4,10-11,15,17,22-25,28,49H2,1-2H3,(H2,50,61)(H,51,53)(H,54,64)(H,55,65)(H,56,63)(H,57,62)(H,58,66)/t30-,38-,39-,40-,41+,42-/m0/s1. The summed E-state index contributed by atoms with van der Waals surface area (Å²) in [5.74, 6) is -5.26. The van der Waals surface area contributed by atoms with Gasteiger partial charge in [-0.25, -0.2) is 18.1 Å². The topological polar surface area (TPSA) is 348 Å². The number of hydrogen-bond donors (Lipinski definition) is 10. The molecule has 0 aliphatic carbocycles. The SMILES string of the molecule is CCCC[C@H](NS(=O)(=O)Cc1ccccc1)C(=O)N[C@@H](C)C(=O)N[C@@H](Cc1cnc[nH]1)C(=O)N[C@H](Cc1ccc([N+](=O)[O-])cc1)C(=O)N[C@@H](CCCCN)C(=O)N[C@@H](Cc1c[nH]c2ccccc12)C(N)=O. The lowest BCUT2D eigenvalue weighted by Gasteiger charge is -2.27. The van der Waals surface area contributed by atoms with E-state index in [4.69, 9.17) is 11.5 Å². The molecule has 23 heteroatoms. The van der Waals surface area contributed by atoms with Crippen LogP contribution in [0.15, 0.2) is 97.6 Å². The molecule has 2 aromatic heterocycles. The Labute approximate surface area is 410 Å². The zero-order valence-electron chi connectivity index (χ0n) is 39.5. The number of nitro groups is 1. The molecule has 0 bridgehead atoms. The summed E-state index contributed by atoms with van der Waals surface area (Å²) in [6, 6.07) is 13.2. The minimum atomic E-state index is -4.00. The lowest BCUT2D eigenvalue weighted by Crippen LogP contribution is -2.60. The molecule has 380 valence electrons. The average molecular weight is 999 g/mol. The van der Waals surface area contributed by atoms with E-state index in [0.29, 0.717) is 48.1 Å². The number of unbranched alkanes of at least 4 members (excludes halogenated alkanes) is 2. The second-order valence-electron chi connectivity index (χ2n) is 17.2. The first-order valence-electron chi connectivity index (χ1n) is 23.3. The summed E-state index contributed by atoms with van der Waals surface area (Å²) >= 11 is 0. The Kier molecular flexibility index (Phi) is 20.3. The molecule has 12 N–H and O–H groups in total. The predicted octanol–water partition coefficient (Wildman–Crippen LogP) is 1.56. The molecule has 0 unspecified atom stereocenters. The van der Waals surface area contributed by atoms with Crippen molar-refractivity contribution in [2.24, 2.45) is 11.5 Å². The molecule has 0 saturated heterocycles. The van der Waals surface area contributed by atoms with Crippen LogP contribution in [0.3, 0.4) is 0 Å². The van der Waals surface area contributed by atoms with E-state index >= 15 is 0 Å². The number of nitrogens with zero attached hydrogens (tertiary/aromatic N) is 2. The third-order valence-corrected chi connectivity index (χ3v) is 13.0. The van der Waals surface area contributed by atoms with Crippen molar-refractivity contribution >= 4 is 62.1 Å².